The van der Waals surface area contributed by atoms with E-state index in [0.29, 0.717) is 16.5 Å². The zero-order valence-corrected chi connectivity index (χ0v) is 13.5. The summed E-state index contributed by atoms with van der Waals surface area (Å²) < 4.78 is 0. The van der Waals surface area contributed by atoms with Gasteiger partial charge in [-0.2, -0.15) is 23.5 Å². The maximum Gasteiger partial charge on any atom is 0.0702 e. The molecule has 1 saturated heterocycles. The Bertz CT molecular complexity index is 587. The van der Waals surface area contributed by atoms with Gasteiger partial charge in [-0.25, -0.2) is 0 Å². The topological polar surface area (TPSA) is 24.9 Å². The number of benzene rings is 1. The first kappa shape index (κ1) is 14.2. The van der Waals surface area contributed by atoms with Crippen LogP contribution < -0.4 is 5.32 Å². The van der Waals surface area contributed by atoms with Crippen molar-refractivity contribution >= 4 is 34.4 Å². The second-order valence-corrected chi connectivity index (χ2v) is 7.91. The van der Waals surface area contributed by atoms with Crippen molar-refractivity contribution in [1.82, 2.24) is 10.3 Å². The van der Waals surface area contributed by atoms with Gasteiger partial charge in [0.05, 0.1) is 5.52 Å². The Balaban J connectivity index is 1.93. The molecule has 20 heavy (non-hydrogen) atoms. The molecule has 1 aromatic heterocycles. The van der Waals surface area contributed by atoms with Crippen LogP contribution in [0.2, 0.25) is 0 Å². The van der Waals surface area contributed by atoms with Gasteiger partial charge in [0.25, 0.3) is 0 Å². The zero-order valence-electron chi connectivity index (χ0n) is 11.9. The molecule has 1 aliphatic rings. The quantitative estimate of drug-likeness (QED) is 0.934. The molecule has 0 aliphatic carbocycles. The van der Waals surface area contributed by atoms with Crippen molar-refractivity contribution in [2.45, 2.75) is 23.5 Å². The number of thioether (sulfide) groups is 2. The summed E-state index contributed by atoms with van der Waals surface area (Å²) in [4.78, 5) is 4.61. The zero-order chi connectivity index (χ0) is 13.9. The molecular weight excluding hydrogens is 284 g/mol. The Kier molecular flexibility index (Phi) is 4.54. The van der Waals surface area contributed by atoms with Gasteiger partial charge in [-0.05, 0) is 24.7 Å². The largest absolute Gasteiger partial charge is 0.312 e. The minimum atomic E-state index is 0.375. The molecule has 2 nitrogen and oxygen atoms in total. The van der Waals surface area contributed by atoms with E-state index in [9.17, 15) is 0 Å². The molecule has 1 aliphatic heterocycles. The predicted octanol–water partition coefficient (Wildman–Crippen LogP) is 3.73. The van der Waals surface area contributed by atoms with Gasteiger partial charge in [-0.15, -0.1) is 0 Å². The Morgan fingerprint density at radius 2 is 2.05 bits per heavy atom. The molecule has 106 valence electrons. The fourth-order valence-corrected chi connectivity index (χ4v) is 5.78. The van der Waals surface area contributed by atoms with Crippen LogP contribution >= 0.6 is 23.5 Å². The molecule has 0 bridgehead atoms. The molecule has 2 heterocycles. The van der Waals surface area contributed by atoms with Gasteiger partial charge in [0.1, 0.15) is 0 Å². The molecule has 0 amide bonds. The second kappa shape index (κ2) is 6.37. The van der Waals surface area contributed by atoms with Gasteiger partial charge in [-0.3, -0.25) is 4.98 Å². The highest BCUT2D eigenvalue weighted by Crippen LogP contribution is 2.38. The van der Waals surface area contributed by atoms with Crippen molar-refractivity contribution in [1.29, 1.82) is 0 Å². The van der Waals surface area contributed by atoms with E-state index in [1.807, 2.05) is 12.3 Å². The summed E-state index contributed by atoms with van der Waals surface area (Å²) >= 11 is 4.18. The summed E-state index contributed by atoms with van der Waals surface area (Å²) in [6.45, 7) is 2.35. The summed E-state index contributed by atoms with van der Waals surface area (Å²) in [5.74, 6) is 2.52. The second-order valence-electron chi connectivity index (χ2n) is 5.14. The number of nitrogens with zero attached hydrogens (tertiary/aromatic N) is 1. The number of nitrogens with one attached hydrogen (secondary N) is 1. The normalized spacial score (nSPS) is 24.7. The van der Waals surface area contributed by atoms with Crippen LogP contribution in [-0.4, -0.2) is 34.0 Å². The third kappa shape index (κ3) is 2.83. The minimum Gasteiger partial charge on any atom is -0.312 e. The predicted molar refractivity (Wildman–Crippen MR) is 91.7 cm³/mol. The Hall–Kier alpha value is -0.710. The van der Waals surface area contributed by atoms with E-state index < -0.39 is 0 Å². The van der Waals surface area contributed by atoms with Crippen LogP contribution in [-0.2, 0) is 0 Å². The first-order valence-electron chi connectivity index (χ1n) is 7.05. The lowest BCUT2D eigenvalue weighted by molar-refractivity contribution is 0.560. The van der Waals surface area contributed by atoms with Crippen LogP contribution in [0.25, 0.3) is 10.9 Å². The molecule has 0 radical (unpaired) electrons. The highest BCUT2D eigenvalue weighted by atomic mass is 32.2. The van der Waals surface area contributed by atoms with Crippen molar-refractivity contribution < 1.29 is 0 Å². The van der Waals surface area contributed by atoms with Gasteiger partial charge in [0, 0.05) is 39.6 Å². The van der Waals surface area contributed by atoms with Gasteiger partial charge >= 0.3 is 0 Å². The molecule has 1 fully saturated rings. The van der Waals surface area contributed by atoms with Crippen LogP contribution in [0.5, 0.6) is 0 Å². The van der Waals surface area contributed by atoms with E-state index in [0.717, 1.165) is 5.52 Å². The van der Waals surface area contributed by atoms with Crippen molar-refractivity contribution in [3.63, 3.8) is 0 Å². The van der Waals surface area contributed by atoms with Crippen LogP contribution in [0.15, 0.2) is 36.5 Å². The number of hydrogen-bond donors (Lipinski definition) is 1. The molecular formula is C16H20N2S2. The van der Waals surface area contributed by atoms with Gasteiger partial charge in [0.15, 0.2) is 0 Å². The number of aromatic nitrogens is 1. The summed E-state index contributed by atoms with van der Waals surface area (Å²) in [6, 6.07) is 11.0. The average molecular weight is 304 g/mol. The fourth-order valence-electron chi connectivity index (χ4n) is 2.79. The lowest BCUT2D eigenvalue weighted by atomic mass is 10.0. The lowest BCUT2D eigenvalue weighted by Gasteiger charge is -2.34. The monoisotopic (exact) mass is 304 g/mol. The highest BCUT2D eigenvalue weighted by Gasteiger charge is 2.30. The number of para-hydroxylation sites is 1. The SMILES string of the molecule is CNC(c1cnc2ccccc2c1)C1SCCSC1C. The Labute approximate surface area is 129 Å². The number of hydrogen-bond acceptors (Lipinski definition) is 4. The maximum absolute atomic E-state index is 4.61. The number of rotatable bonds is 3. The standard InChI is InChI=1S/C16H20N2S2/c1-11-16(20-8-7-19-11)15(17-2)13-9-12-5-3-4-6-14(12)18-10-13/h3-6,9-11,15-17H,7-8H2,1-2H3. The molecule has 3 atom stereocenters. The van der Waals surface area contributed by atoms with E-state index in [-0.39, 0.29) is 0 Å². The van der Waals surface area contributed by atoms with Crippen LogP contribution in [0.4, 0.5) is 0 Å². The first-order chi connectivity index (χ1) is 9.79. The summed E-state index contributed by atoms with van der Waals surface area (Å²) in [5, 5.41) is 6.03. The Morgan fingerprint density at radius 3 is 2.85 bits per heavy atom. The van der Waals surface area contributed by atoms with Crippen LogP contribution in [0.3, 0.4) is 0 Å². The van der Waals surface area contributed by atoms with Crippen molar-refractivity contribution in [2.24, 2.45) is 0 Å². The Morgan fingerprint density at radius 1 is 1.25 bits per heavy atom. The minimum absolute atomic E-state index is 0.375. The molecule has 0 spiro atoms. The van der Waals surface area contributed by atoms with Crippen LogP contribution in [0, 0.1) is 0 Å². The molecule has 1 N–H and O–H groups in total. The van der Waals surface area contributed by atoms with Crippen molar-refractivity contribution in [2.75, 3.05) is 18.6 Å². The third-order valence-corrected chi connectivity index (χ3v) is 7.04. The third-order valence-electron chi connectivity index (χ3n) is 3.85. The molecule has 4 heteroatoms. The molecule has 3 rings (SSSR count). The molecule has 2 aromatic rings. The molecule has 3 unspecified atom stereocenters. The molecule has 1 aromatic carbocycles. The number of fused-ring (bicyclic) bond motifs is 1. The van der Waals surface area contributed by atoms with Gasteiger partial charge in [-0.1, -0.05) is 25.1 Å². The number of pyridine rings is 1. The van der Waals surface area contributed by atoms with Crippen LogP contribution in [0.1, 0.15) is 18.5 Å². The fraction of sp³-hybridized carbons (Fsp3) is 0.438. The van der Waals surface area contributed by atoms with Crippen molar-refractivity contribution in [3.8, 4) is 0 Å². The van der Waals surface area contributed by atoms with Gasteiger partial charge < -0.3 is 5.32 Å². The van der Waals surface area contributed by atoms with Crippen molar-refractivity contribution in [3.05, 3.63) is 42.1 Å². The average Bonchev–Trinajstić information content (AvgIpc) is 2.50. The lowest BCUT2D eigenvalue weighted by Crippen LogP contribution is -2.36. The van der Waals surface area contributed by atoms with E-state index in [1.54, 1.807) is 0 Å². The van der Waals surface area contributed by atoms with E-state index >= 15 is 0 Å². The molecule has 0 saturated carbocycles. The van der Waals surface area contributed by atoms with E-state index in [1.165, 1.54) is 22.5 Å². The van der Waals surface area contributed by atoms with Gasteiger partial charge in [0.2, 0.25) is 0 Å². The maximum atomic E-state index is 4.61. The summed E-state index contributed by atoms with van der Waals surface area (Å²) in [5.41, 5.74) is 2.38. The summed E-state index contributed by atoms with van der Waals surface area (Å²) in [6.07, 6.45) is 2.04. The summed E-state index contributed by atoms with van der Waals surface area (Å²) in [7, 11) is 2.06. The first-order valence-corrected chi connectivity index (χ1v) is 9.14. The van der Waals surface area contributed by atoms with E-state index in [4.69, 9.17) is 0 Å². The smallest absolute Gasteiger partial charge is 0.0702 e. The highest BCUT2D eigenvalue weighted by molar-refractivity contribution is 8.07. The van der Waals surface area contributed by atoms with E-state index in [2.05, 4.69) is 72.1 Å².